The quantitative estimate of drug-likeness (QED) is 0.876. The lowest BCUT2D eigenvalue weighted by Gasteiger charge is -2.09. The lowest BCUT2D eigenvalue weighted by molar-refractivity contribution is -0.120. The van der Waals surface area contributed by atoms with Gasteiger partial charge in [-0.05, 0) is 6.07 Å². The predicted molar refractivity (Wildman–Crippen MR) is 82.8 cm³/mol. The summed E-state index contributed by atoms with van der Waals surface area (Å²) >= 11 is 1.33. The Balaban J connectivity index is 2.17. The van der Waals surface area contributed by atoms with Gasteiger partial charge in [0.15, 0.2) is 4.80 Å². The maximum atomic E-state index is 13.7. The fourth-order valence-corrected chi connectivity index (χ4v) is 2.67. The number of thiazole rings is 1. The van der Waals surface area contributed by atoms with Crippen molar-refractivity contribution in [3.05, 3.63) is 52.0 Å². The molecule has 118 valence electrons. The molecule has 2 rings (SSSR count). The van der Waals surface area contributed by atoms with Gasteiger partial charge in [-0.1, -0.05) is 18.2 Å². The molecule has 1 amide bonds. The van der Waals surface area contributed by atoms with E-state index in [4.69, 9.17) is 10.5 Å². The first-order chi connectivity index (χ1) is 10.6. The highest BCUT2D eigenvalue weighted by Gasteiger charge is 2.11. The highest BCUT2D eigenvalue weighted by molar-refractivity contribution is 7.07. The number of hydrogen-bond acceptors (Lipinski definition) is 4. The summed E-state index contributed by atoms with van der Waals surface area (Å²) in [6.45, 7) is 0.588. The van der Waals surface area contributed by atoms with Crippen molar-refractivity contribution in [3.8, 4) is 0 Å². The van der Waals surface area contributed by atoms with Crippen LogP contribution < -0.4 is 10.5 Å². The molecule has 0 aliphatic carbocycles. The number of carbonyl (C=O) groups is 1. The van der Waals surface area contributed by atoms with Gasteiger partial charge in [0, 0.05) is 30.8 Å². The zero-order valence-electron chi connectivity index (χ0n) is 12.2. The predicted octanol–water partition coefficient (Wildman–Crippen LogP) is 1.53. The SMILES string of the molecule is COC(CN)CC(=O)N=c1sccn1Cc1ccccc1F. The number of nitrogens with two attached hydrogens (primary N) is 1. The molecule has 1 atom stereocenters. The third-order valence-corrected chi connectivity index (χ3v) is 3.97. The molecule has 0 aliphatic rings. The van der Waals surface area contributed by atoms with Gasteiger partial charge in [0.2, 0.25) is 0 Å². The fourth-order valence-electron chi connectivity index (χ4n) is 1.93. The highest BCUT2D eigenvalue weighted by atomic mass is 32.1. The number of amides is 1. The largest absolute Gasteiger partial charge is 0.380 e. The van der Waals surface area contributed by atoms with E-state index in [9.17, 15) is 9.18 Å². The van der Waals surface area contributed by atoms with Gasteiger partial charge in [0.25, 0.3) is 5.91 Å². The number of nitrogens with zero attached hydrogens (tertiary/aromatic N) is 2. The van der Waals surface area contributed by atoms with Crippen LogP contribution in [0.5, 0.6) is 0 Å². The molecule has 1 unspecified atom stereocenters. The van der Waals surface area contributed by atoms with Crippen LogP contribution >= 0.6 is 11.3 Å². The van der Waals surface area contributed by atoms with Gasteiger partial charge in [-0.2, -0.15) is 4.99 Å². The van der Waals surface area contributed by atoms with Crippen molar-refractivity contribution in [1.29, 1.82) is 0 Å². The van der Waals surface area contributed by atoms with Crippen molar-refractivity contribution in [2.45, 2.75) is 19.1 Å². The normalized spacial score (nSPS) is 13.3. The van der Waals surface area contributed by atoms with Crippen LogP contribution in [0, 0.1) is 5.82 Å². The van der Waals surface area contributed by atoms with Crippen molar-refractivity contribution < 1.29 is 13.9 Å². The molecule has 0 spiro atoms. The van der Waals surface area contributed by atoms with Crippen molar-refractivity contribution in [1.82, 2.24) is 4.57 Å². The van der Waals surface area contributed by atoms with Gasteiger partial charge < -0.3 is 15.0 Å². The molecule has 0 saturated carbocycles. The van der Waals surface area contributed by atoms with Crippen LogP contribution in [0.4, 0.5) is 4.39 Å². The van der Waals surface area contributed by atoms with Gasteiger partial charge >= 0.3 is 0 Å². The molecule has 0 radical (unpaired) electrons. The second-order valence-electron chi connectivity index (χ2n) is 4.71. The Morgan fingerprint density at radius 3 is 2.95 bits per heavy atom. The molecule has 1 aromatic heterocycles. The molecule has 5 nitrogen and oxygen atoms in total. The number of halogens is 1. The lowest BCUT2D eigenvalue weighted by atomic mass is 10.2. The summed E-state index contributed by atoms with van der Waals surface area (Å²) in [5.41, 5.74) is 6.04. The van der Waals surface area contributed by atoms with Crippen LogP contribution in [0.15, 0.2) is 40.8 Å². The van der Waals surface area contributed by atoms with Crippen molar-refractivity contribution in [3.63, 3.8) is 0 Å². The minimum absolute atomic E-state index is 0.130. The summed E-state index contributed by atoms with van der Waals surface area (Å²) in [4.78, 5) is 16.5. The zero-order valence-corrected chi connectivity index (χ0v) is 13.1. The van der Waals surface area contributed by atoms with E-state index in [1.54, 1.807) is 29.0 Å². The van der Waals surface area contributed by atoms with Crippen LogP contribution in [0.1, 0.15) is 12.0 Å². The minimum Gasteiger partial charge on any atom is -0.380 e. The van der Waals surface area contributed by atoms with Crippen molar-refractivity contribution in [2.75, 3.05) is 13.7 Å². The Hall–Kier alpha value is -1.83. The molecule has 1 aromatic carbocycles. The first-order valence-electron chi connectivity index (χ1n) is 6.81. The van der Waals surface area contributed by atoms with Gasteiger partial charge in [0.05, 0.1) is 19.1 Å². The zero-order chi connectivity index (χ0) is 15.9. The number of methoxy groups -OCH3 is 1. The Labute approximate surface area is 131 Å². The summed E-state index contributed by atoms with van der Waals surface area (Å²) in [7, 11) is 1.51. The maximum absolute atomic E-state index is 13.7. The topological polar surface area (TPSA) is 69.6 Å². The number of rotatable bonds is 6. The van der Waals surface area contributed by atoms with Crippen molar-refractivity contribution >= 4 is 17.2 Å². The molecule has 0 fully saturated rings. The third kappa shape index (κ3) is 4.33. The number of ether oxygens (including phenoxy) is 1. The van der Waals surface area contributed by atoms with E-state index in [0.717, 1.165) is 0 Å². The van der Waals surface area contributed by atoms with E-state index >= 15 is 0 Å². The monoisotopic (exact) mass is 323 g/mol. The summed E-state index contributed by atoms with van der Waals surface area (Å²) in [5.74, 6) is -0.580. The van der Waals surface area contributed by atoms with Gasteiger partial charge in [-0.25, -0.2) is 4.39 Å². The summed E-state index contributed by atoms with van der Waals surface area (Å²) in [6, 6.07) is 6.54. The standard InChI is InChI=1S/C15H18FN3O2S/c1-21-12(9-17)8-14(20)18-15-19(6-7-22-15)10-11-4-2-3-5-13(11)16/h2-7,12H,8-10,17H2,1H3. The number of benzene rings is 1. The van der Waals surface area contributed by atoms with E-state index in [1.807, 2.05) is 5.38 Å². The molecule has 0 saturated heterocycles. The summed E-state index contributed by atoms with van der Waals surface area (Å²) < 4.78 is 20.5. The Morgan fingerprint density at radius 2 is 2.27 bits per heavy atom. The maximum Gasteiger partial charge on any atom is 0.250 e. The van der Waals surface area contributed by atoms with Crippen molar-refractivity contribution in [2.24, 2.45) is 10.7 Å². The number of aromatic nitrogens is 1. The summed E-state index contributed by atoms with van der Waals surface area (Å²) in [6.07, 6.45) is 1.57. The molecular formula is C15H18FN3O2S. The Kier molecular flexibility index (Phi) is 6.00. The number of carbonyl (C=O) groups excluding carboxylic acids is 1. The third-order valence-electron chi connectivity index (χ3n) is 3.18. The van der Waals surface area contributed by atoms with Crippen LogP contribution in [-0.4, -0.2) is 30.2 Å². The van der Waals surface area contributed by atoms with Gasteiger partial charge in [-0.15, -0.1) is 11.3 Å². The first kappa shape index (κ1) is 16.5. The molecule has 22 heavy (non-hydrogen) atoms. The molecule has 2 aromatic rings. The molecule has 0 bridgehead atoms. The van der Waals surface area contributed by atoms with E-state index in [1.165, 1.54) is 24.5 Å². The molecular weight excluding hydrogens is 305 g/mol. The van der Waals surface area contributed by atoms with Crippen LogP contribution in [0.2, 0.25) is 0 Å². The van der Waals surface area contributed by atoms with Crippen LogP contribution in [-0.2, 0) is 16.1 Å². The minimum atomic E-state index is -0.337. The Bertz CT molecular complexity index is 692. The second-order valence-corrected chi connectivity index (χ2v) is 5.58. The molecule has 7 heteroatoms. The lowest BCUT2D eigenvalue weighted by Crippen LogP contribution is -2.26. The fraction of sp³-hybridized carbons (Fsp3) is 0.333. The average molecular weight is 323 g/mol. The molecule has 2 N–H and O–H groups in total. The van der Waals surface area contributed by atoms with Gasteiger partial charge in [-0.3, -0.25) is 4.79 Å². The Morgan fingerprint density at radius 1 is 1.50 bits per heavy atom. The van der Waals surface area contributed by atoms with E-state index in [-0.39, 0.29) is 30.8 Å². The average Bonchev–Trinajstić information content (AvgIpc) is 2.94. The number of hydrogen-bond donors (Lipinski definition) is 1. The smallest absolute Gasteiger partial charge is 0.250 e. The summed E-state index contributed by atoms with van der Waals surface area (Å²) in [5, 5.41) is 1.81. The van der Waals surface area contributed by atoms with Crippen LogP contribution in [0.25, 0.3) is 0 Å². The highest BCUT2D eigenvalue weighted by Crippen LogP contribution is 2.08. The van der Waals surface area contributed by atoms with Gasteiger partial charge in [0.1, 0.15) is 5.82 Å². The van der Waals surface area contributed by atoms with E-state index in [0.29, 0.717) is 16.9 Å². The van der Waals surface area contributed by atoms with E-state index < -0.39 is 0 Å². The molecule has 1 heterocycles. The van der Waals surface area contributed by atoms with E-state index in [2.05, 4.69) is 4.99 Å². The first-order valence-corrected chi connectivity index (χ1v) is 7.69. The molecule has 0 aliphatic heterocycles. The van der Waals surface area contributed by atoms with Crippen LogP contribution in [0.3, 0.4) is 0 Å². The second kappa shape index (κ2) is 7.98.